The largest absolute Gasteiger partial charge is 0.480 e. The lowest BCUT2D eigenvalue weighted by Crippen LogP contribution is -2.28. The second kappa shape index (κ2) is 4.16. The molecular formula is C13H17NO2. The average Bonchev–Trinajstić information content (AvgIpc) is 2.58. The van der Waals surface area contributed by atoms with Gasteiger partial charge < -0.3 is 10.4 Å². The second-order valence-electron chi connectivity index (χ2n) is 4.38. The van der Waals surface area contributed by atoms with Crippen molar-refractivity contribution in [2.24, 2.45) is 0 Å². The number of aryl methyl sites for hydroxylation is 1. The van der Waals surface area contributed by atoms with Crippen LogP contribution in [0.1, 0.15) is 37.3 Å². The Bertz CT molecular complexity index is 414. The predicted octanol–water partition coefficient (Wildman–Crippen LogP) is 2.62. The predicted molar refractivity (Wildman–Crippen MR) is 63.9 cm³/mol. The molecule has 0 bridgehead atoms. The molecule has 1 aliphatic rings. The second-order valence-corrected chi connectivity index (χ2v) is 4.38. The third-order valence-electron chi connectivity index (χ3n) is 3.26. The third kappa shape index (κ3) is 1.66. The molecule has 0 aliphatic carbocycles. The van der Waals surface area contributed by atoms with E-state index in [9.17, 15) is 4.79 Å². The van der Waals surface area contributed by atoms with Crippen LogP contribution < -0.4 is 5.32 Å². The van der Waals surface area contributed by atoms with Gasteiger partial charge in [-0.3, -0.25) is 0 Å². The molecule has 0 amide bonds. The molecule has 2 atom stereocenters. The lowest BCUT2D eigenvalue weighted by molar-refractivity contribution is -0.138. The summed E-state index contributed by atoms with van der Waals surface area (Å²) in [4.78, 5) is 11.1. The maximum Gasteiger partial charge on any atom is 0.326 e. The Balaban J connectivity index is 2.38. The van der Waals surface area contributed by atoms with Crippen molar-refractivity contribution in [3.05, 3.63) is 29.3 Å². The Morgan fingerprint density at radius 3 is 2.88 bits per heavy atom. The summed E-state index contributed by atoms with van der Waals surface area (Å²) in [6, 6.07) is 5.64. The van der Waals surface area contributed by atoms with Gasteiger partial charge in [-0.05, 0) is 17.5 Å². The first kappa shape index (κ1) is 11.0. The number of nitrogens with one attached hydrogen (secondary N) is 1. The molecule has 3 nitrogen and oxygen atoms in total. The van der Waals surface area contributed by atoms with Crippen LogP contribution in [0.4, 0.5) is 5.69 Å². The molecule has 1 aromatic carbocycles. The van der Waals surface area contributed by atoms with Crippen LogP contribution in [0.3, 0.4) is 0 Å². The number of para-hydroxylation sites is 1. The Morgan fingerprint density at radius 2 is 2.25 bits per heavy atom. The first-order valence-electron chi connectivity index (χ1n) is 5.76. The van der Waals surface area contributed by atoms with Crippen LogP contribution in [0, 0.1) is 0 Å². The van der Waals surface area contributed by atoms with Gasteiger partial charge in [0, 0.05) is 11.6 Å². The number of aliphatic carboxylic acids is 1. The number of hydrogen-bond acceptors (Lipinski definition) is 2. The van der Waals surface area contributed by atoms with Gasteiger partial charge in [-0.15, -0.1) is 0 Å². The van der Waals surface area contributed by atoms with Crippen molar-refractivity contribution in [3.63, 3.8) is 0 Å². The van der Waals surface area contributed by atoms with E-state index in [1.165, 1.54) is 5.56 Å². The maximum atomic E-state index is 11.1. The van der Waals surface area contributed by atoms with Gasteiger partial charge in [-0.1, -0.05) is 38.5 Å². The fraction of sp³-hybridized carbons (Fsp3) is 0.462. The zero-order chi connectivity index (χ0) is 11.7. The molecule has 1 aliphatic heterocycles. The van der Waals surface area contributed by atoms with E-state index in [1.54, 1.807) is 0 Å². The van der Waals surface area contributed by atoms with Crippen molar-refractivity contribution >= 4 is 11.7 Å². The summed E-state index contributed by atoms with van der Waals surface area (Å²) in [5, 5.41) is 12.3. The molecule has 0 fully saturated rings. The standard InChI is InChI=1S/C13H17NO2/c1-3-5-9-6-4-7-10-8(2)11(13(15)16)14-12(9)10/h4,6-8,11,14H,3,5H2,1-2H3,(H,15,16). The van der Waals surface area contributed by atoms with E-state index in [1.807, 2.05) is 19.1 Å². The highest BCUT2D eigenvalue weighted by Crippen LogP contribution is 2.38. The van der Waals surface area contributed by atoms with Gasteiger partial charge in [0.05, 0.1) is 0 Å². The molecule has 16 heavy (non-hydrogen) atoms. The summed E-state index contributed by atoms with van der Waals surface area (Å²) < 4.78 is 0. The van der Waals surface area contributed by atoms with E-state index in [-0.39, 0.29) is 5.92 Å². The van der Waals surface area contributed by atoms with Crippen molar-refractivity contribution in [1.82, 2.24) is 0 Å². The highest BCUT2D eigenvalue weighted by atomic mass is 16.4. The van der Waals surface area contributed by atoms with Gasteiger partial charge in [0.15, 0.2) is 0 Å². The molecule has 1 aromatic rings. The van der Waals surface area contributed by atoms with Crippen LogP contribution in [0.5, 0.6) is 0 Å². The normalized spacial score (nSPS) is 22.6. The number of carboxylic acid groups (broad SMARTS) is 1. The number of carbonyl (C=O) groups is 1. The minimum absolute atomic E-state index is 0.0457. The Morgan fingerprint density at radius 1 is 1.50 bits per heavy atom. The van der Waals surface area contributed by atoms with Gasteiger partial charge in [0.2, 0.25) is 0 Å². The number of anilines is 1. The van der Waals surface area contributed by atoms with Crippen LogP contribution >= 0.6 is 0 Å². The quantitative estimate of drug-likeness (QED) is 0.821. The molecule has 86 valence electrons. The van der Waals surface area contributed by atoms with Gasteiger partial charge in [-0.25, -0.2) is 4.79 Å². The summed E-state index contributed by atoms with van der Waals surface area (Å²) >= 11 is 0. The first-order valence-corrected chi connectivity index (χ1v) is 5.76. The third-order valence-corrected chi connectivity index (χ3v) is 3.26. The number of benzene rings is 1. The van der Waals surface area contributed by atoms with Crippen molar-refractivity contribution in [3.8, 4) is 0 Å². The van der Waals surface area contributed by atoms with Crippen molar-refractivity contribution in [2.75, 3.05) is 5.32 Å². The van der Waals surface area contributed by atoms with Crippen LogP contribution in [0.2, 0.25) is 0 Å². The van der Waals surface area contributed by atoms with Gasteiger partial charge in [0.1, 0.15) is 6.04 Å². The minimum atomic E-state index is -0.772. The SMILES string of the molecule is CCCc1cccc2c1NC(C(=O)O)C2C. The summed E-state index contributed by atoms with van der Waals surface area (Å²) in [5.74, 6) is -0.726. The molecule has 3 heteroatoms. The van der Waals surface area contributed by atoms with Crippen molar-refractivity contribution in [1.29, 1.82) is 0 Å². The molecule has 2 rings (SSSR count). The van der Waals surface area contributed by atoms with E-state index in [0.29, 0.717) is 0 Å². The summed E-state index contributed by atoms with van der Waals surface area (Å²) in [6.07, 6.45) is 2.07. The topological polar surface area (TPSA) is 49.3 Å². The Kier molecular flexibility index (Phi) is 2.86. The molecule has 0 radical (unpaired) electrons. The average molecular weight is 219 g/mol. The number of fused-ring (bicyclic) bond motifs is 1. The van der Waals surface area contributed by atoms with E-state index < -0.39 is 12.0 Å². The van der Waals surface area contributed by atoms with E-state index >= 15 is 0 Å². The number of rotatable bonds is 3. The van der Waals surface area contributed by atoms with Crippen LogP contribution in [0.15, 0.2) is 18.2 Å². The fourth-order valence-electron chi connectivity index (χ4n) is 2.39. The van der Waals surface area contributed by atoms with E-state index in [4.69, 9.17) is 5.11 Å². The molecule has 1 heterocycles. The van der Waals surface area contributed by atoms with Crippen molar-refractivity contribution < 1.29 is 9.90 Å². The molecule has 0 spiro atoms. The summed E-state index contributed by atoms with van der Waals surface area (Å²) in [6.45, 7) is 4.10. The minimum Gasteiger partial charge on any atom is -0.480 e. The monoisotopic (exact) mass is 219 g/mol. The fourth-order valence-corrected chi connectivity index (χ4v) is 2.39. The first-order chi connectivity index (χ1) is 7.65. The highest BCUT2D eigenvalue weighted by molar-refractivity contribution is 5.83. The van der Waals surface area contributed by atoms with Crippen LogP contribution in [-0.2, 0) is 11.2 Å². The zero-order valence-electron chi connectivity index (χ0n) is 9.66. The zero-order valence-corrected chi connectivity index (χ0v) is 9.66. The van der Waals surface area contributed by atoms with E-state index in [0.717, 1.165) is 24.1 Å². The Labute approximate surface area is 95.5 Å². The molecule has 2 unspecified atom stereocenters. The lowest BCUT2D eigenvalue weighted by atomic mass is 9.95. The van der Waals surface area contributed by atoms with E-state index in [2.05, 4.69) is 18.3 Å². The molecule has 0 aromatic heterocycles. The van der Waals surface area contributed by atoms with Crippen LogP contribution in [-0.4, -0.2) is 17.1 Å². The van der Waals surface area contributed by atoms with Crippen LogP contribution in [0.25, 0.3) is 0 Å². The summed E-state index contributed by atoms with van der Waals surface area (Å²) in [5.41, 5.74) is 3.42. The van der Waals surface area contributed by atoms with Gasteiger partial charge in [-0.2, -0.15) is 0 Å². The molecule has 0 saturated carbocycles. The molecule has 0 saturated heterocycles. The smallest absolute Gasteiger partial charge is 0.326 e. The number of hydrogen-bond donors (Lipinski definition) is 2. The Hall–Kier alpha value is -1.51. The molecule has 2 N–H and O–H groups in total. The number of carboxylic acids is 1. The molecular weight excluding hydrogens is 202 g/mol. The summed E-state index contributed by atoms with van der Waals surface area (Å²) in [7, 11) is 0. The maximum absolute atomic E-state index is 11.1. The highest BCUT2D eigenvalue weighted by Gasteiger charge is 2.34. The van der Waals surface area contributed by atoms with Crippen molar-refractivity contribution in [2.45, 2.75) is 38.6 Å². The lowest BCUT2D eigenvalue weighted by Gasteiger charge is -2.10. The van der Waals surface area contributed by atoms with Gasteiger partial charge in [0.25, 0.3) is 0 Å². The van der Waals surface area contributed by atoms with Gasteiger partial charge >= 0.3 is 5.97 Å².